The topological polar surface area (TPSA) is 51.2 Å². The van der Waals surface area contributed by atoms with Crippen LogP contribution in [0.3, 0.4) is 0 Å². The number of piperidine rings is 1. The van der Waals surface area contributed by atoms with Crippen molar-refractivity contribution >= 4 is 0 Å². The summed E-state index contributed by atoms with van der Waals surface area (Å²) in [4.78, 5) is 2.27. The molecule has 210 valence electrons. The monoisotopic (exact) mass is 531 g/mol. The minimum atomic E-state index is -1.00. The van der Waals surface area contributed by atoms with E-state index in [1.165, 1.54) is 12.0 Å². The number of aliphatic hydroxyl groups is 1. The van der Waals surface area contributed by atoms with Crippen LogP contribution in [0, 0.1) is 0 Å². The number of methoxy groups -OCH3 is 2. The maximum absolute atomic E-state index is 12.2. The van der Waals surface area contributed by atoms with Crippen LogP contribution in [0.2, 0.25) is 0 Å². The van der Waals surface area contributed by atoms with Crippen LogP contribution in [0.4, 0.5) is 0 Å². The van der Waals surface area contributed by atoms with Crippen LogP contribution in [0.5, 0.6) is 11.5 Å². The smallest absolute Gasteiger partial charge is 0.144 e. The van der Waals surface area contributed by atoms with Crippen molar-refractivity contribution < 1.29 is 19.3 Å². The molecule has 39 heavy (non-hydrogen) atoms. The maximum atomic E-state index is 12.2. The van der Waals surface area contributed by atoms with E-state index in [-0.39, 0.29) is 11.5 Å². The minimum Gasteiger partial charge on any atom is -0.497 e. The first-order valence-electron chi connectivity index (χ1n) is 14.2. The summed E-state index contributed by atoms with van der Waals surface area (Å²) >= 11 is 0. The lowest BCUT2D eigenvalue weighted by Gasteiger charge is -2.42. The van der Waals surface area contributed by atoms with Gasteiger partial charge in [0.25, 0.3) is 0 Å². The number of ether oxygens (including phenoxy) is 3. The normalized spacial score (nSPS) is 16.2. The van der Waals surface area contributed by atoms with Gasteiger partial charge < -0.3 is 19.3 Å². The number of hydrogen-bond donors (Lipinski definition) is 1. The Morgan fingerprint density at radius 1 is 0.718 bits per heavy atom. The van der Waals surface area contributed by atoms with Crippen molar-refractivity contribution in [2.24, 2.45) is 0 Å². The van der Waals surface area contributed by atoms with Gasteiger partial charge in [-0.25, -0.2) is 0 Å². The third kappa shape index (κ3) is 7.21. The summed E-state index contributed by atoms with van der Waals surface area (Å²) in [5.41, 5.74) is 3.44. The Hall–Kier alpha value is -2.86. The standard InChI is InChI=1S/C34H45NO4/c1-33(2,3)28-14-16-29(17-15-28)34(36,35-23-7-6-8-24-35)22-9-25-39-32(26-10-18-30(37-4)19-11-26)27-12-20-31(38-5)21-13-27/h10-21,32,36H,6-9,22-25H2,1-5H3. The van der Waals surface area contributed by atoms with Gasteiger partial charge in [0, 0.05) is 19.7 Å². The number of hydrogen-bond acceptors (Lipinski definition) is 5. The molecule has 0 aliphatic carbocycles. The highest BCUT2D eigenvalue weighted by Crippen LogP contribution is 2.36. The molecule has 1 aliphatic rings. The molecule has 1 atom stereocenters. The highest BCUT2D eigenvalue weighted by Gasteiger charge is 2.36. The Labute approximate surface area is 234 Å². The van der Waals surface area contributed by atoms with Crippen molar-refractivity contribution in [2.75, 3.05) is 33.9 Å². The van der Waals surface area contributed by atoms with Crippen molar-refractivity contribution in [1.29, 1.82) is 0 Å². The number of nitrogens with zero attached hydrogens (tertiary/aromatic N) is 1. The molecular formula is C34H45NO4. The number of likely N-dealkylation sites (tertiary alicyclic amines) is 1. The minimum absolute atomic E-state index is 0.0769. The number of benzene rings is 3. The molecule has 5 heteroatoms. The van der Waals surface area contributed by atoms with Crippen LogP contribution in [-0.4, -0.2) is 43.9 Å². The van der Waals surface area contributed by atoms with Crippen molar-refractivity contribution in [3.63, 3.8) is 0 Å². The van der Waals surface area contributed by atoms with Crippen LogP contribution in [0.15, 0.2) is 72.8 Å². The predicted octanol–water partition coefficient (Wildman–Crippen LogP) is 7.22. The van der Waals surface area contributed by atoms with E-state index < -0.39 is 5.72 Å². The van der Waals surface area contributed by atoms with E-state index in [0.717, 1.165) is 60.5 Å². The molecule has 0 aromatic heterocycles. The fourth-order valence-corrected chi connectivity index (χ4v) is 5.45. The van der Waals surface area contributed by atoms with E-state index in [0.29, 0.717) is 13.0 Å². The molecule has 0 amide bonds. The van der Waals surface area contributed by atoms with Crippen molar-refractivity contribution in [2.45, 2.75) is 70.1 Å². The summed E-state index contributed by atoms with van der Waals surface area (Å²) in [6.45, 7) is 9.02. The summed E-state index contributed by atoms with van der Waals surface area (Å²) in [5.74, 6) is 1.63. The summed E-state index contributed by atoms with van der Waals surface area (Å²) < 4.78 is 17.2. The second kappa shape index (κ2) is 13.0. The quantitative estimate of drug-likeness (QED) is 0.265. The molecule has 0 saturated carbocycles. The summed E-state index contributed by atoms with van der Waals surface area (Å²) in [7, 11) is 3.35. The molecule has 0 radical (unpaired) electrons. The van der Waals surface area contributed by atoms with Gasteiger partial charge in [0.1, 0.15) is 23.3 Å². The van der Waals surface area contributed by atoms with Gasteiger partial charge in [-0.1, -0.05) is 75.7 Å². The third-order valence-electron chi connectivity index (χ3n) is 7.88. The first-order valence-corrected chi connectivity index (χ1v) is 14.2. The highest BCUT2D eigenvalue weighted by atomic mass is 16.5. The molecule has 0 bridgehead atoms. The first kappa shape index (κ1) is 29.1. The van der Waals surface area contributed by atoms with Crippen molar-refractivity contribution in [3.8, 4) is 11.5 Å². The van der Waals surface area contributed by atoms with E-state index in [4.69, 9.17) is 14.2 Å². The Bertz CT molecular complexity index is 1100. The highest BCUT2D eigenvalue weighted by molar-refractivity contribution is 5.37. The van der Waals surface area contributed by atoms with Crippen LogP contribution in [0.1, 0.15) is 81.2 Å². The van der Waals surface area contributed by atoms with Crippen LogP contribution >= 0.6 is 0 Å². The van der Waals surface area contributed by atoms with Gasteiger partial charge in [-0.2, -0.15) is 0 Å². The van der Waals surface area contributed by atoms with Gasteiger partial charge in [0.15, 0.2) is 0 Å². The lowest BCUT2D eigenvalue weighted by Crippen LogP contribution is -2.48. The fraction of sp³-hybridized carbons (Fsp3) is 0.471. The van der Waals surface area contributed by atoms with E-state index >= 15 is 0 Å². The Morgan fingerprint density at radius 3 is 1.67 bits per heavy atom. The fourth-order valence-electron chi connectivity index (χ4n) is 5.45. The van der Waals surface area contributed by atoms with Crippen LogP contribution in [0.25, 0.3) is 0 Å². The van der Waals surface area contributed by atoms with Gasteiger partial charge in [-0.15, -0.1) is 0 Å². The molecule has 1 unspecified atom stereocenters. The SMILES string of the molecule is COc1ccc(C(OCCCC(O)(c2ccc(C(C)(C)C)cc2)N2CCCCC2)c2ccc(OC)cc2)cc1. The Morgan fingerprint density at radius 2 is 1.21 bits per heavy atom. The Kier molecular flexibility index (Phi) is 9.71. The molecule has 3 aromatic rings. The van der Waals surface area contributed by atoms with E-state index in [1.807, 2.05) is 24.3 Å². The summed E-state index contributed by atoms with van der Waals surface area (Å²) in [5, 5.41) is 12.2. The molecule has 4 rings (SSSR count). The van der Waals surface area contributed by atoms with Crippen LogP contribution < -0.4 is 9.47 Å². The van der Waals surface area contributed by atoms with Gasteiger partial charge in [0.05, 0.1) is 14.2 Å². The molecule has 1 aliphatic heterocycles. The first-order chi connectivity index (χ1) is 18.7. The van der Waals surface area contributed by atoms with E-state index in [2.05, 4.69) is 74.2 Å². The molecular weight excluding hydrogens is 486 g/mol. The summed E-state index contributed by atoms with van der Waals surface area (Å²) in [6.07, 6.45) is 4.59. The molecule has 1 N–H and O–H groups in total. The van der Waals surface area contributed by atoms with Gasteiger partial charge in [-0.3, -0.25) is 4.90 Å². The third-order valence-corrected chi connectivity index (χ3v) is 7.88. The second-order valence-electron chi connectivity index (χ2n) is 11.6. The molecule has 1 saturated heterocycles. The lowest BCUT2D eigenvalue weighted by molar-refractivity contribution is -0.133. The molecule has 1 fully saturated rings. The largest absolute Gasteiger partial charge is 0.497 e. The number of rotatable bonds is 11. The second-order valence-corrected chi connectivity index (χ2v) is 11.6. The average Bonchev–Trinajstić information content (AvgIpc) is 2.97. The van der Waals surface area contributed by atoms with Crippen LogP contribution in [-0.2, 0) is 15.9 Å². The maximum Gasteiger partial charge on any atom is 0.144 e. The summed E-state index contributed by atoms with van der Waals surface area (Å²) in [6, 6.07) is 24.6. The zero-order chi connectivity index (χ0) is 27.9. The molecule has 1 heterocycles. The molecule has 5 nitrogen and oxygen atoms in total. The predicted molar refractivity (Wildman–Crippen MR) is 157 cm³/mol. The average molecular weight is 532 g/mol. The molecule has 0 spiro atoms. The molecule has 3 aromatic carbocycles. The zero-order valence-corrected chi connectivity index (χ0v) is 24.3. The van der Waals surface area contributed by atoms with Gasteiger partial charge >= 0.3 is 0 Å². The zero-order valence-electron chi connectivity index (χ0n) is 24.3. The van der Waals surface area contributed by atoms with E-state index in [9.17, 15) is 5.11 Å². The lowest BCUT2D eigenvalue weighted by atomic mass is 9.85. The van der Waals surface area contributed by atoms with Gasteiger partial charge in [-0.05, 0) is 77.6 Å². The van der Waals surface area contributed by atoms with E-state index in [1.54, 1.807) is 14.2 Å². The van der Waals surface area contributed by atoms with Crippen molar-refractivity contribution in [1.82, 2.24) is 4.90 Å². The Balaban J connectivity index is 1.51. The van der Waals surface area contributed by atoms with Gasteiger partial charge in [0.2, 0.25) is 0 Å². The van der Waals surface area contributed by atoms with Crippen molar-refractivity contribution in [3.05, 3.63) is 95.1 Å².